The highest BCUT2D eigenvalue weighted by molar-refractivity contribution is 7.89. The highest BCUT2D eigenvalue weighted by Gasteiger charge is 2.21. The predicted molar refractivity (Wildman–Crippen MR) is 91.5 cm³/mol. The van der Waals surface area contributed by atoms with Crippen molar-refractivity contribution in [1.82, 2.24) is 5.16 Å². The molecule has 0 bridgehead atoms. The van der Waals surface area contributed by atoms with Crippen molar-refractivity contribution in [1.29, 1.82) is 5.26 Å². The fourth-order valence-corrected chi connectivity index (χ4v) is 2.88. The van der Waals surface area contributed by atoms with E-state index in [-0.39, 0.29) is 38.4 Å². The molecular formula is C16H10N4O6S. The largest absolute Gasteiger partial charge is 0.478 e. The summed E-state index contributed by atoms with van der Waals surface area (Å²) in [5.74, 6) is -2.17. The standard InChI is InChI=1S/C16H10N4O6S/c17-7-8-1-3-12(10(5-8)16(22)23)19-15(21)14-11-6-9(27(18,24)25)2-4-13(11)26-20-14/h1-6H,(H,19,21)(H,22,23)(H2,18,24,25). The maximum Gasteiger partial charge on any atom is 0.337 e. The Kier molecular flexibility index (Phi) is 4.36. The zero-order valence-corrected chi connectivity index (χ0v) is 14.1. The number of sulfonamides is 1. The van der Waals surface area contributed by atoms with Crippen molar-refractivity contribution in [3.05, 3.63) is 53.2 Å². The van der Waals surface area contributed by atoms with Crippen molar-refractivity contribution in [3.63, 3.8) is 0 Å². The Hall–Kier alpha value is -3.75. The summed E-state index contributed by atoms with van der Waals surface area (Å²) in [7, 11) is -4.01. The van der Waals surface area contributed by atoms with Crippen molar-refractivity contribution in [2.75, 3.05) is 5.32 Å². The first-order chi connectivity index (χ1) is 12.7. The van der Waals surface area contributed by atoms with Crippen molar-refractivity contribution in [3.8, 4) is 6.07 Å². The van der Waals surface area contributed by atoms with Crippen LogP contribution in [-0.2, 0) is 10.0 Å². The Balaban J connectivity index is 2.03. The molecule has 0 fully saturated rings. The van der Waals surface area contributed by atoms with Crippen LogP contribution < -0.4 is 10.5 Å². The number of nitrogens with one attached hydrogen (secondary N) is 1. The minimum Gasteiger partial charge on any atom is -0.478 e. The molecule has 0 saturated carbocycles. The molecule has 136 valence electrons. The van der Waals surface area contributed by atoms with Gasteiger partial charge < -0.3 is 14.9 Å². The van der Waals surface area contributed by atoms with Crippen LogP contribution in [0.2, 0.25) is 0 Å². The van der Waals surface area contributed by atoms with Gasteiger partial charge in [0.1, 0.15) is 0 Å². The van der Waals surface area contributed by atoms with E-state index in [2.05, 4.69) is 10.5 Å². The topological polar surface area (TPSA) is 176 Å². The molecular weight excluding hydrogens is 376 g/mol. The highest BCUT2D eigenvalue weighted by Crippen LogP contribution is 2.24. The fourth-order valence-electron chi connectivity index (χ4n) is 2.34. The Morgan fingerprint density at radius 1 is 1.22 bits per heavy atom. The van der Waals surface area contributed by atoms with Gasteiger partial charge in [0.05, 0.1) is 33.2 Å². The lowest BCUT2D eigenvalue weighted by Gasteiger charge is -2.07. The second-order valence-corrected chi connectivity index (χ2v) is 6.93. The van der Waals surface area contributed by atoms with Gasteiger partial charge in [-0.2, -0.15) is 5.26 Å². The first-order valence-corrected chi connectivity index (χ1v) is 8.76. The number of hydrogen-bond acceptors (Lipinski definition) is 7. The molecule has 0 aliphatic rings. The third-order valence-corrected chi connectivity index (χ3v) is 4.52. The van der Waals surface area contributed by atoms with Gasteiger partial charge in [-0.15, -0.1) is 0 Å². The molecule has 3 aromatic rings. The van der Waals surface area contributed by atoms with Crippen LogP contribution in [0, 0.1) is 11.3 Å². The molecule has 4 N–H and O–H groups in total. The first-order valence-electron chi connectivity index (χ1n) is 7.21. The van der Waals surface area contributed by atoms with E-state index in [4.69, 9.17) is 14.9 Å². The SMILES string of the molecule is N#Cc1ccc(NC(=O)c2noc3ccc(S(N)(=O)=O)cc23)c(C(=O)O)c1. The Morgan fingerprint density at radius 3 is 2.59 bits per heavy atom. The number of hydrogen-bond donors (Lipinski definition) is 3. The number of fused-ring (bicyclic) bond motifs is 1. The van der Waals surface area contributed by atoms with Crippen molar-refractivity contribution >= 4 is 38.6 Å². The van der Waals surface area contributed by atoms with Crippen LogP contribution in [0.5, 0.6) is 0 Å². The van der Waals surface area contributed by atoms with Gasteiger partial charge in [0.2, 0.25) is 10.0 Å². The fraction of sp³-hybridized carbons (Fsp3) is 0. The monoisotopic (exact) mass is 386 g/mol. The van der Waals surface area contributed by atoms with Gasteiger partial charge in [0.15, 0.2) is 11.3 Å². The zero-order valence-electron chi connectivity index (χ0n) is 13.3. The lowest BCUT2D eigenvalue weighted by atomic mass is 10.1. The maximum absolute atomic E-state index is 12.5. The molecule has 10 nitrogen and oxygen atoms in total. The summed E-state index contributed by atoms with van der Waals surface area (Å²) in [4.78, 5) is 23.6. The molecule has 0 unspecified atom stereocenters. The summed E-state index contributed by atoms with van der Waals surface area (Å²) in [5, 5.41) is 29.2. The minimum atomic E-state index is -4.01. The second-order valence-electron chi connectivity index (χ2n) is 5.37. The number of rotatable bonds is 4. The third-order valence-electron chi connectivity index (χ3n) is 3.61. The van der Waals surface area contributed by atoms with Crippen LogP contribution >= 0.6 is 0 Å². The van der Waals surface area contributed by atoms with E-state index in [9.17, 15) is 23.1 Å². The molecule has 0 atom stereocenters. The number of carbonyl (C=O) groups is 2. The first kappa shape index (κ1) is 18.1. The van der Waals surface area contributed by atoms with Crippen molar-refractivity contribution in [2.45, 2.75) is 4.90 Å². The molecule has 2 aromatic carbocycles. The van der Waals surface area contributed by atoms with Gasteiger partial charge in [-0.05, 0) is 36.4 Å². The molecule has 1 amide bonds. The van der Waals surface area contributed by atoms with Crippen LogP contribution in [0.3, 0.4) is 0 Å². The normalized spacial score (nSPS) is 11.1. The number of carbonyl (C=O) groups excluding carboxylic acids is 1. The lowest BCUT2D eigenvalue weighted by Crippen LogP contribution is -2.16. The molecule has 0 aliphatic carbocycles. The molecule has 11 heteroatoms. The van der Waals surface area contributed by atoms with Gasteiger partial charge in [0, 0.05) is 0 Å². The van der Waals surface area contributed by atoms with Crippen molar-refractivity contribution < 1.29 is 27.6 Å². The van der Waals surface area contributed by atoms with E-state index in [1.165, 1.54) is 24.3 Å². The van der Waals surface area contributed by atoms with E-state index < -0.39 is 21.9 Å². The average Bonchev–Trinajstić information content (AvgIpc) is 3.04. The molecule has 0 saturated heterocycles. The van der Waals surface area contributed by atoms with Gasteiger partial charge in [-0.3, -0.25) is 4.79 Å². The van der Waals surface area contributed by atoms with Crippen molar-refractivity contribution in [2.24, 2.45) is 5.14 Å². The molecule has 1 aromatic heterocycles. The van der Waals surface area contributed by atoms with Crippen LogP contribution in [0.4, 0.5) is 5.69 Å². The van der Waals surface area contributed by atoms with Gasteiger partial charge in [-0.1, -0.05) is 5.16 Å². The molecule has 0 spiro atoms. The average molecular weight is 386 g/mol. The number of carboxylic acids is 1. The van der Waals surface area contributed by atoms with Gasteiger partial charge in [0.25, 0.3) is 5.91 Å². The third kappa shape index (κ3) is 3.47. The summed E-state index contributed by atoms with van der Waals surface area (Å²) in [6.07, 6.45) is 0. The van der Waals surface area contributed by atoms with Gasteiger partial charge >= 0.3 is 5.97 Å². The summed E-state index contributed by atoms with van der Waals surface area (Å²) in [6, 6.07) is 9.14. The Bertz CT molecular complexity index is 1240. The van der Waals surface area contributed by atoms with Gasteiger partial charge in [-0.25, -0.2) is 18.4 Å². The molecule has 0 radical (unpaired) electrons. The number of carboxylic acid groups (broad SMARTS) is 1. The van der Waals surface area contributed by atoms with Crippen LogP contribution in [0.15, 0.2) is 45.8 Å². The number of nitrogens with two attached hydrogens (primary N) is 1. The Labute approximate surface area is 151 Å². The van der Waals surface area contributed by atoms with Crippen LogP contribution in [0.1, 0.15) is 26.4 Å². The van der Waals surface area contributed by atoms with E-state index in [1.807, 2.05) is 0 Å². The Morgan fingerprint density at radius 2 is 1.96 bits per heavy atom. The highest BCUT2D eigenvalue weighted by atomic mass is 32.2. The summed E-state index contributed by atoms with van der Waals surface area (Å²) < 4.78 is 28.0. The quantitative estimate of drug-likeness (QED) is 0.600. The molecule has 3 rings (SSSR count). The summed E-state index contributed by atoms with van der Waals surface area (Å²) in [5.41, 5.74) is -0.359. The van der Waals surface area contributed by atoms with Crippen LogP contribution in [-0.4, -0.2) is 30.6 Å². The maximum atomic E-state index is 12.5. The molecule has 27 heavy (non-hydrogen) atoms. The molecule has 1 heterocycles. The second kappa shape index (κ2) is 6.52. The summed E-state index contributed by atoms with van der Waals surface area (Å²) in [6.45, 7) is 0. The number of aromatic carboxylic acids is 1. The number of nitriles is 1. The number of amides is 1. The number of nitrogens with zero attached hydrogens (tertiary/aromatic N) is 2. The molecule has 0 aliphatic heterocycles. The predicted octanol–water partition coefficient (Wildman–Crippen LogP) is 1.30. The van der Waals surface area contributed by atoms with E-state index in [1.54, 1.807) is 6.07 Å². The number of benzene rings is 2. The van der Waals surface area contributed by atoms with E-state index >= 15 is 0 Å². The smallest absolute Gasteiger partial charge is 0.337 e. The minimum absolute atomic E-state index is 0.0646. The van der Waals surface area contributed by atoms with E-state index in [0.717, 1.165) is 12.1 Å². The zero-order chi connectivity index (χ0) is 19.8. The summed E-state index contributed by atoms with van der Waals surface area (Å²) >= 11 is 0. The van der Waals surface area contributed by atoms with Crippen LogP contribution in [0.25, 0.3) is 11.0 Å². The number of primary sulfonamides is 1. The van der Waals surface area contributed by atoms with E-state index in [0.29, 0.717) is 0 Å². The lowest BCUT2D eigenvalue weighted by molar-refractivity contribution is 0.0698. The number of anilines is 1. The number of aromatic nitrogens is 1.